The van der Waals surface area contributed by atoms with Crippen molar-refractivity contribution in [3.8, 4) is 0 Å². The number of thiophene rings is 1. The van der Waals surface area contributed by atoms with Crippen molar-refractivity contribution in [2.45, 2.75) is 19.4 Å². The molecule has 98 valence electrons. The van der Waals surface area contributed by atoms with Gasteiger partial charge < -0.3 is 9.32 Å². The molecule has 0 saturated carbocycles. The van der Waals surface area contributed by atoms with Crippen molar-refractivity contribution in [1.29, 1.82) is 0 Å². The number of hydrogen-bond donors (Lipinski definition) is 0. The smallest absolute Gasteiger partial charge is 0.298 e. The van der Waals surface area contributed by atoms with Crippen molar-refractivity contribution in [2.24, 2.45) is 0 Å². The Labute approximate surface area is 116 Å². The van der Waals surface area contributed by atoms with Gasteiger partial charge in [0.1, 0.15) is 5.52 Å². The fraction of sp³-hybridized carbons (Fsp3) is 0.267. The van der Waals surface area contributed by atoms with Crippen LogP contribution >= 0.6 is 11.3 Å². The Kier molecular flexibility index (Phi) is 3.25. The largest absolute Gasteiger partial charge is 0.423 e. The topological polar surface area (TPSA) is 29.3 Å². The van der Waals surface area contributed by atoms with Crippen LogP contribution in [0.3, 0.4) is 0 Å². The van der Waals surface area contributed by atoms with Crippen LogP contribution in [0.5, 0.6) is 0 Å². The summed E-state index contributed by atoms with van der Waals surface area (Å²) in [6.07, 6.45) is 1.01. The van der Waals surface area contributed by atoms with E-state index in [0.717, 1.165) is 17.5 Å². The fourth-order valence-electron chi connectivity index (χ4n) is 2.06. The molecule has 0 spiro atoms. The van der Waals surface area contributed by atoms with E-state index >= 15 is 0 Å². The van der Waals surface area contributed by atoms with Crippen LogP contribution in [0.4, 0.5) is 6.01 Å². The van der Waals surface area contributed by atoms with E-state index in [2.05, 4.69) is 34.3 Å². The standard InChI is InChI=1S/C15H16N2OS/c1-11(10-12-6-5-9-19-12)17(2)15-16-13-7-3-4-8-14(13)18-15/h3-9,11H,10H2,1-2H3. The summed E-state index contributed by atoms with van der Waals surface area (Å²) in [5.74, 6) is 0. The molecule has 4 heteroatoms. The molecule has 3 aromatic rings. The van der Waals surface area contributed by atoms with Gasteiger partial charge in [-0.15, -0.1) is 11.3 Å². The van der Waals surface area contributed by atoms with E-state index in [4.69, 9.17) is 4.42 Å². The van der Waals surface area contributed by atoms with Crippen molar-refractivity contribution in [2.75, 3.05) is 11.9 Å². The van der Waals surface area contributed by atoms with Crippen LogP contribution in [0.15, 0.2) is 46.2 Å². The van der Waals surface area contributed by atoms with Gasteiger partial charge in [-0.3, -0.25) is 0 Å². The minimum atomic E-state index is 0.353. The number of fused-ring (bicyclic) bond motifs is 1. The van der Waals surface area contributed by atoms with Gasteiger partial charge in [0.25, 0.3) is 6.01 Å². The molecule has 3 nitrogen and oxygen atoms in total. The van der Waals surface area contributed by atoms with Crippen LogP contribution in [-0.2, 0) is 6.42 Å². The minimum Gasteiger partial charge on any atom is -0.423 e. The normalized spacial score (nSPS) is 12.7. The highest BCUT2D eigenvalue weighted by atomic mass is 32.1. The summed E-state index contributed by atoms with van der Waals surface area (Å²) in [5, 5.41) is 2.11. The molecule has 0 saturated heterocycles. The summed E-state index contributed by atoms with van der Waals surface area (Å²) >= 11 is 1.79. The number of nitrogens with zero attached hydrogens (tertiary/aromatic N) is 2. The average molecular weight is 272 g/mol. The Bertz CT molecular complexity index is 627. The van der Waals surface area contributed by atoms with Gasteiger partial charge in [0.15, 0.2) is 5.58 Å². The molecule has 0 aliphatic carbocycles. The molecule has 0 bridgehead atoms. The van der Waals surface area contributed by atoms with Crippen LogP contribution < -0.4 is 4.90 Å². The van der Waals surface area contributed by atoms with Crippen LogP contribution in [0, 0.1) is 0 Å². The first-order valence-corrected chi connectivity index (χ1v) is 7.23. The summed E-state index contributed by atoms with van der Waals surface area (Å²) in [6, 6.07) is 13.2. The molecule has 1 unspecified atom stereocenters. The van der Waals surface area contributed by atoms with E-state index in [1.54, 1.807) is 11.3 Å². The van der Waals surface area contributed by atoms with Gasteiger partial charge in [-0.25, -0.2) is 0 Å². The van der Waals surface area contributed by atoms with Gasteiger partial charge in [0.2, 0.25) is 0 Å². The summed E-state index contributed by atoms with van der Waals surface area (Å²) in [4.78, 5) is 8.01. The maximum Gasteiger partial charge on any atom is 0.298 e. The molecular formula is C15H16N2OS. The van der Waals surface area contributed by atoms with Crippen molar-refractivity contribution >= 4 is 28.5 Å². The second-order valence-electron chi connectivity index (χ2n) is 4.71. The van der Waals surface area contributed by atoms with E-state index in [1.165, 1.54) is 4.88 Å². The second-order valence-corrected chi connectivity index (χ2v) is 5.74. The Morgan fingerprint density at radius 2 is 2.11 bits per heavy atom. The third-order valence-electron chi connectivity index (χ3n) is 3.32. The second kappa shape index (κ2) is 5.05. The van der Waals surface area contributed by atoms with Gasteiger partial charge in [0, 0.05) is 24.4 Å². The predicted molar refractivity (Wildman–Crippen MR) is 79.9 cm³/mol. The number of hydrogen-bond acceptors (Lipinski definition) is 4. The first-order valence-electron chi connectivity index (χ1n) is 6.35. The average Bonchev–Trinajstić information content (AvgIpc) is 3.05. The van der Waals surface area contributed by atoms with Crippen molar-refractivity contribution < 1.29 is 4.42 Å². The van der Waals surface area contributed by atoms with Crippen LogP contribution in [-0.4, -0.2) is 18.1 Å². The Morgan fingerprint density at radius 3 is 2.84 bits per heavy atom. The Morgan fingerprint density at radius 1 is 1.26 bits per heavy atom. The van der Waals surface area contributed by atoms with Gasteiger partial charge in [-0.2, -0.15) is 4.98 Å². The summed E-state index contributed by atoms with van der Waals surface area (Å²) in [6.45, 7) is 2.19. The third kappa shape index (κ3) is 2.49. The van der Waals surface area contributed by atoms with Crippen LogP contribution in [0.2, 0.25) is 0 Å². The molecule has 0 aliphatic heterocycles. The van der Waals surface area contributed by atoms with Gasteiger partial charge >= 0.3 is 0 Å². The lowest BCUT2D eigenvalue weighted by Crippen LogP contribution is -2.30. The number of rotatable bonds is 4. The molecular weight excluding hydrogens is 256 g/mol. The lowest BCUT2D eigenvalue weighted by Gasteiger charge is -2.22. The van der Waals surface area contributed by atoms with E-state index in [-0.39, 0.29) is 0 Å². The van der Waals surface area contributed by atoms with Crippen molar-refractivity contribution in [3.63, 3.8) is 0 Å². The maximum absolute atomic E-state index is 5.79. The van der Waals surface area contributed by atoms with Crippen LogP contribution in [0.25, 0.3) is 11.1 Å². The molecule has 1 atom stereocenters. The molecule has 2 heterocycles. The lowest BCUT2D eigenvalue weighted by molar-refractivity contribution is 0.548. The molecule has 19 heavy (non-hydrogen) atoms. The van der Waals surface area contributed by atoms with E-state index < -0.39 is 0 Å². The first kappa shape index (κ1) is 12.2. The SMILES string of the molecule is CC(Cc1cccs1)N(C)c1nc2ccccc2o1. The highest BCUT2D eigenvalue weighted by Crippen LogP contribution is 2.23. The number of aromatic nitrogens is 1. The zero-order chi connectivity index (χ0) is 13.2. The predicted octanol–water partition coefficient (Wildman–Crippen LogP) is 3.96. The van der Waals surface area contributed by atoms with Gasteiger partial charge in [-0.1, -0.05) is 18.2 Å². The molecule has 0 aliphatic rings. The first-order chi connectivity index (χ1) is 9.24. The molecule has 1 aromatic carbocycles. The Hall–Kier alpha value is -1.81. The molecule has 0 amide bonds. The van der Waals surface area contributed by atoms with Gasteiger partial charge in [0.05, 0.1) is 0 Å². The number of anilines is 1. The maximum atomic E-state index is 5.79. The highest BCUT2D eigenvalue weighted by molar-refractivity contribution is 7.09. The summed E-state index contributed by atoms with van der Waals surface area (Å²) < 4.78 is 5.79. The number of para-hydroxylation sites is 2. The zero-order valence-electron chi connectivity index (χ0n) is 11.0. The summed E-state index contributed by atoms with van der Waals surface area (Å²) in [7, 11) is 2.03. The molecule has 2 aromatic heterocycles. The fourth-order valence-corrected chi connectivity index (χ4v) is 2.88. The van der Waals surface area contributed by atoms with Crippen LogP contribution in [0.1, 0.15) is 11.8 Å². The van der Waals surface area contributed by atoms with Crippen molar-refractivity contribution in [1.82, 2.24) is 4.98 Å². The molecule has 0 radical (unpaired) electrons. The van der Waals surface area contributed by atoms with E-state index in [9.17, 15) is 0 Å². The quantitative estimate of drug-likeness (QED) is 0.720. The third-order valence-corrected chi connectivity index (χ3v) is 4.22. The monoisotopic (exact) mass is 272 g/mol. The highest BCUT2D eigenvalue weighted by Gasteiger charge is 2.16. The zero-order valence-corrected chi connectivity index (χ0v) is 11.9. The molecule has 0 N–H and O–H groups in total. The summed E-state index contributed by atoms with van der Waals surface area (Å²) in [5.41, 5.74) is 1.75. The van der Waals surface area contributed by atoms with Gasteiger partial charge in [-0.05, 0) is 30.5 Å². The van der Waals surface area contributed by atoms with Crippen molar-refractivity contribution in [3.05, 3.63) is 46.7 Å². The number of benzene rings is 1. The lowest BCUT2D eigenvalue weighted by atomic mass is 10.2. The number of likely N-dealkylation sites (N-methyl/N-ethyl adjacent to an activating group) is 1. The molecule has 3 rings (SSSR count). The Balaban J connectivity index is 1.80. The van der Waals surface area contributed by atoms with E-state index in [1.807, 2.05) is 31.3 Å². The molecule has 0 fully saturated rings. The van der Waals surface area contributed by atoms with E-state index in [0.29, 0.717) is 12.1 Å². The number of oxazole rings is 1. The minimum absolute atomic E-state index is 0.353.